The summed E-state index contributed by atoms with van der Waals surface area (Å²) < 4.78 is 29.4. The molecule has 2 aromatic heterocycles. The zero-order chi connectivity index (χ0) is 26.6. The number of aromatic nitrogens is 4. The van der Waals surface area contributed by atoms with Crippen LogP contribution < -0.4 is 15.3 Å². The molecule has 0 radical (unpaired) electrons. The molecule has 0 spiro atoms. The number of nitrogens with zero attached hydrogens (tertiary/aromatic N) is 5. The fourth-order valence-corrected chi connectivity index (χ4v) is 4.99. The monoisotopic (exact) mass is 520 g/mol. The maximum absolute atomic E-state index is 12.9. The molecule has 11 heteroatoms. The number of hydrogen-bond donors (Lipinski definition) is 2. The highest BCUT2D eigenvalue weighted by molar-refractivity contribution is 7.89. The Balaban J connectivity index is 1.51. The zero-order valence-electron chi connectivity index (χ0n) is 21.0. The van der Waals surface area contributed by atoms with E-state index in [9.17, 15) is 13.6 Å². The Bertz CT molecular complexity index is 1420. The molecular formula is C26H30N7O3S-. The fourth-order valence-electron chi connectivity index (χ4n) is 3.74. The molecule has 2 heterocycles. The van der Waals surface area contributed by atoms with Crippen LogP contribution in [0.4, 0.5) is 5.82 Å². The highest BCUT2D eigenvalue weighted by atomic mass is 32.2. The average Bonchev–Trinajstić information content (AvgIpc) is 3.62. The van der Waals surface area contributed by atoms with Gasteiger partial charge in [0.25, 0.3) is 0 Å². The first-order valence-corrected chi connectivity index (χ1v) is 13.4. The van der Waals surface area contributed by atoms with Crippen molar-refractivity contribution >= 4 is 21.4 Å². The molecule has 1 aliphatic carbocycles. The summed E-state index contributed by atoms with van der Waals surface area (Å²) in [5.74, 6) is 0.865. The maximum Gasteiger partial charge on any atom is 0.240 e. The van der Waals surface area contributed by atoms with Crippen LogP contribution in [0.5, 0.6) is 0 Å². The molecule has 10 nitrogen and oxygen atoms in total. The van der Waals surface area contributed by atoms with Crippen molar-refractivity contribution in [2.45, 2.75) is 50.6 Å². The molecule has 0 bridgehead atoms. The molecule has 1 aliphatic rings. The van der Waals surface area contributed by atoms with Crippen molar-refractivity contribution in [3.63, 3.8) is 0 Å². The summed E-state index contributed by atoms with van der Waals surface area (Å²) in [6, 6.07) is 10.0. The quantitative estimate of drug-likeness (QED) is 0.282. The summed E-state index contributed by atoms with van der Waals surface area (Å²) in [5, 5.41) is 21.8. The summed E-state index contributed by atoms with van der Waals surface area (Å²) >= 11 is 0. The van der Waals surface area contributed by atoms with E-state index in [2.05, 4.69) is 31.9 Å². The van der Waals surface area contributed by atoms with E-state index in [0.717, 1.165) is 29.8 Å². The molecule has 0 amide bonds. The van der Waals surface area contributed by atoms with Gasteiger partial charge in [-0.25, -0.2) is 18.1 Å². The second kappa shape index (κ2) is 11.1. The number of pyridine rings is 1. The Morgan fingerprint density at radius 3 is 2.57 bits per heavy atom. The van der Waals surface area contributed by atoms with Crippen molar-refractivity contribution in [2.24, 2.45) is 0 Å². The van der Waals surface area contributed by atoms with Gasteiger partial charge < -0.3 is 20.4 Å². The largest absolute Gasteiger partial charge is 0.738 e. The van der Waals surface area contributed by atoms with E-state index >= 15 is 0 Å². The van der Waals surface area contributed by atoms with Gasteiger partial charge in [-0.2, -0.15) is 0 Å². The van der Waals surface area contributed by atoms with E-state index in [1.54, 1.807) is 56.6 Å². The van der Waals surface area contributed by atoms with Gasteiger partial charge in [-0.15, -0.1) is 10.2 Å². The van der Waals surface area contributed by atoms with Crippen molar-refractivity contribution < 1.29 is 8.42 Å². The Morgan fingerprint density at radius 1 is 1.22 bits per heavy atom. The molecule has 2 N–H and O–H groups in total. The minimum absolute atomic E-state index is 0.131. The number of rotatable bonds is 11. The topological polar surface area (TPSA) is 128 Å². The van der Waals surface area contributed by atoms with E-state index < -0.39 is 10.0 Å². The van der Waals surface area contributed by atoms with Gasteiger partial charge in [0.1, 0.15) is 12.1 Å². The molecule has 0 aliphatic heterocycles. The summed E-state index contributed by atoms with van der Waals surface area (Å²) in [4.78, 5) is 4.35. The van der Waals surface area contributed by atoms with Gasteiger partial charge in [0.05, 0.1) is 10.6 Å². The number of anilines is 1. The Kier molecular flexibility index (Phi) is 7.86. The maximum atomic E-state index is 12.9. The molecular weight excluding hydrogens is 490 g/mol. The summed E-state index contributed by atoms with van der Waals surface area (Å²) in [6.45, 7) is 9.24. The minimum Gasteiger partial charge on any atom is -0.738 e. The number of nitrogens with one attached hydrogen (secondary N) is 2. The van der Waals surface area contributed by atoms with Crippen LogP contribution in [0.2, 0.25) is 0 Å². The third-order valence-corrected chi connectivity index (χ3v) is 7.36. The third-order valence-electron chi connectivity index (χ3n) is 5.69. The standard InChI is InChI=1S/C26H30N7O3S/c1-5-19(26-29-28-17-32(26)23-9-10-23)15-22(6-2)30-33(34)25-16-21(13-14-27-25)20-7-11-24(12-8-20)37(35,36)31-18(3)4/h5-8,11-18,23,30-31H,2,9-10H2,1,3-4H3/q-1/b19-5+,22-15+. The van der Waals surface area contributed by atoms with Crippen LogP contribution in [0.15, 0.2) is 84.3 Å². The van der Waals surface area contributed by atoms with Gasteiger partial charge in [0, 0.05) is 23.9 Å². The fraction of sp³-hybridized carbons (Fsp3) is 0.269. The smallest absolute Gasteiger partial charge is 0.240 e. The molecule has 194 valence electrons. The van der Waals surface area contributed by atoms with Gasteiger partial charge >= 0.3 is 0 Å². The Hall–Kier alpha value is -3.80. The SMILES string of the molecule is C=C/C(=C\C(=C/C)c1nncn1C1CC1)NN([O-])c1cc(-c2ccc(S(=O)(=O)NC(C)C)cc2)ccn1. The lowest BCUT2D eigenvalue weighted by atomic mass is 10.1. The highest BCUT2D eigenvalue weighted by Crippen LogP contribution is 2.36. The first kappa shape index (κ1) is 26.3. The van der Waals surface area contributed by atoms with E-state index in [4.69, 9.17) is 0 Å². The molecule has 0 unspecified atom stereocenters. The van der Waals surface area contributed by atoms with Crippen LogP contribution in [-0.4, -0.2) is 34.2 Å². The number of sulfonamides is 1. The van der Waals surface area contributed by atoms with Gasteiger partial charge in [-0.05, 0) is 81.2 Å². The van der Waals surface area contributed by atoms with Crippen LogP contribution in [0.3, 0.4) is 0 Å². The first-order valence-electron chi connectivity index (χ1n) is 11.9. The van der Waals surface area contributed by atoms with Crippen molar-refractivity contribution in [1.82, 2.24) is 29.9 Å². The number of hydrazine groups is 1. The van der Waals surface area contributed by atoms with Gasteiger partial charge in [-0.3, -0.25) is 0 Å². The molecule has 3 aromatic rings. The second-order valence-electron chi connectivity index (χ2n) is 8.95. The molecule has 1 fully saturated rings. The lowest BCUT2D eigenvalue weighted by Gasteiger charge is -2.31. The van der Waals surface area contributed by atoms with E-state index in [0.29, 0.717) is 22.5 Å². The summed E-state index contributed by atoms with van der Waals surface area (Å²) in [5.41, 5.74) is 5.51. The average molecular weight is 521 g/mol. The predicted molar refractivity (Wildman–Crippen MR) is 144 cm³/mol. The van der Waals surface area contributed by atoms with Gasteiger partial charge in [0.15, 0.2) is 5.82 Å². The highest BCUT2D eigenvalue weighted by Gasteiger charge is 2.26. The van der Waals surface area contributed by atoms with E-state index in [1.165, 1.54) is 18.3 Å². The number of allylic oxidation sites excluding steroid dienone is 4. The van der Waals surface area contributed by atoms with Crippen molar-refractivity contribution in [1.29, 1.82) is 0 Å². The van der Waals surface area contributed by atoms with E-state index in [-0.39, 0.29) is 16.8 Å². The van der Waals surface area contributed by atoms with Crippen molar-refractivity contribution in [3.8, 4) is 11.1 Å². The lowest BCUT2D eigenvalue weighted by Crippen LogP contribution is -2.32. The summed E-state index contributed by atoms with van der Waals surface area (Å²) in [6.07, 6.45) is 10.7. The molecule has 37 heavy (non-hydrogen) atoms. The zero-order valence-corrected chi connectivity index (χ0v) is 21.8. The third kappa shape index (κ3) is 6.31. The van der Waals surface area contributed by atoms with Crippen molar-refractivity contribution in [2.75, 3.05) is 5.17 Å². The molecule has 1 aromatic carbocycles. The number of hydrogen-bond acceptors (Lipinski definition) is 8. The van der Waals surface area contributed by atoms with Crippen LogP contribution in [0, 0.1) is 5.21 Å². The van der Waals surface area contributed by atoms with Crippen LogP contribution in [0.25, 0.3) is 16.7 Å². The molecule has 0 atom stereocenters. The Morgan fingerprint density at radius 2 is 1.95 bits per heavy atom. The second-order valence-corrected chi connectivity index (χ2v) is 10.7. The Labute approximate surface area is 217 Å². The lowest BCUT2D eigenvalue weighted by molar-refractivity contribution is 0.570. The van der Waals surface area contributed by atoms with E-state index in [1.807, 2.05) is 17.6 Å². The van der Waals surface area contributed by atoms with Gasteiger partial charge in [-0.1, -0.05) is 24.8 Å². The normalized spacial score (nSPS) is 14.6. The van der Waals surface area contributed by atoms with Gasteiger partial charge in [0.2, 0.25) is 10.0 Å². The molecule has 0 saturated heterocycles. The molecule has 1 saturated carbocycles. The molecule has 4 rings (SSSR count). The van der Waals surface area contributed by atoms with Crippen LogP contribution in [-0.2, 0) is 10.0 Å². The summed E-state index contributed by atoms with van der Waals surface area (Å²) in [7, 11) is -3.59. The van der Waals surface area contributed by atoms with Crippen LogP contribution in [0.1, 0.15) is 45.5 Å². The minimum atomic E-state index is -3.59. The predicted octanol–water partition coefficient (Wildman–Crippen LogP) is 4.34. The van der Waals surface area contributed by atoms with Crippen LogP contribution >= 0.6 is 0 Å². The number of benzene rings is 1. The van der Waals surface area contributed by atoms with Crippen molar-refractivity contribution in [3.05, 3.63) is 90.5 Å². The first-order chi connectivity index (χ1) is 17.7.